The third-order valence-corrected chi connectivity index (χ3v) is 3.06. The van der Waals surface area contributed by atoms with Crippen molar-refractivity contribution in [3.8, 4) is 0 Å². The van der Waals surface area contributed by atoms with Crippen molar-refractivity contribution in [1.82, 2.24) is 9.55 Å². The number of H-pyrrole nitrogens is 1. The first-order chi connectivity index (χ1) is 7.20. The third-order valence-electron chi connectivity index (χ3n) is 2.73. The quantitative estimate of drug-likeness (QED) is 0.765. The molecule has 2 rings (SSSR count). The van der Waals surface area contributed by atoms with Crippen LogP contribution in [0.15, 0.2) is 36.7 Å². The molecule has 0 fully saturated rings. The monoisotopic (exact) mass is 218 g/mol. The van der Waals surface area contributed by atoms with Crippen LogP contribution in [0.1, 0.15) is 24.1 Å². The summed E-state index contributed by atoms with van der Waals surface area (Å²) < 4.78 is 2.84. The maximum absolute atomic E-state index is 5.21. The van der Waals surface area contributed by atoms with Crippen molar-refractivity contribution >= 4 is 12.2 Å². The zero-order valence-corrected chi connectivity index (χ0v) is 9.71. The molecule has 2 nitrogen and oxygen atoms in total. The van der Waals surface area contributed by atoms with Gasteiger partial charge in [0.25, 0.3) is 0 Å². The topological polar surface area (TPSA) is 20.7 Å². The highest BCUT2D eigenvalue weighted by Crippen LogP contribution is 2.21. The molecule has 1 heterocycles. The Kier molecular flexibility index (Phi) is 2.73. The van der Waals surface area contributed by atoms with Crippen molar-refractivity contribution in [2.45, 2.75) is 19.9 Å². The minimum atomic E-state index is 0.282. The average Bonchev–Trinajstić information content (AvgIpc) is 2.64. The second kappa shape index (κ2) is 4.03. The summed E-state index contributed by atoms with van der Waals surface area (Å²) in [5.41, 5.74) is 2.61. The molecule has 0 aliphatic heterocycles. The van der Waals surface area contributed by atoms with Crippen LogP contribution in [0.2, 0.25) is 0 Å². The standard InChI is InChI=1S/C12H14N2S/c1-9-5-3-4-6-11(9)10(2)14-8-7-13-12(14)15/h3-8,10H,1-2H3,(H,13,15). The van der Waals surface area contributed by atoms with Gasteiger partial charge in [0.05, 0.1) is 6.04 Å². The first-order valence-electron chi connectivity index (χ1n) is 5.01. The van der Waals surface area contributed by atoms with Crippen molar-refractivity contribution in [2.75, 3.05) is 0 Å². The van der Waals surface area contributed by atoms with Crippen LogP contribution in [0.4, 0.5) is 0 Å². The molecule has 0 radical (unpaired) electrons. The second-order valence-electron chi connectivity index (χ2n) is 3.71. The highest BCUT2D eigenvalue weighted by molar-refractivity contribution is 7.71. The third kappa shape index (κ3) is 1.88. The van der Waals surface area contributed by atoms with E-state index in [1.54, 1.807) is 0 Å². The lowest BCUT2D eigenvalue weighted by Crippen LogP contribution is -2.07. The lowest BCUT2D eigenvalue weighted by molar-refractivity contribution is 0.627. The van der Waals surface area contributed by atoms with E-state index in [2.05, 4.69) is 47.7 Å². The number of benzene rings is 1. The fourth-order valence-electron chi connectivity index (χ4n) is 1.84. The van der Waals surface area contributed by atoms with Gasteiger partial charge in [-0.3, -0.25) is 0 Å². The van der Waals surface area contributed by atoms with E-state index in [0.717, 1.165) is 4.77 Å². The Balaban J connectivity index is 2.45. The summed E-state index contributed by atoms with van der Waals surface area (Å²) in [5, 5.41) is 0. The van der Waals surface area contributed by atoms with Crippen LogP contribution >= 0.6 is 12.2 Å². The van der Waals surface area contributed by atoms with Crippen LogP contribution in [0, 0.1) is 11.7 Å². The first-order valence-corrected chi connectivity index (χ1v) is 5.42. The molecule has 0 aliphatic carbocycles. The van der Waals surface area contributed by atoms with Gasteiger partial charge in [-0.15, -0.1) is 0 Å². The molecule has 2 aromatic rings. The van der Waals surface area contributed by atoms with Crippen molar-refractivity contribution in [2.24, 2.45) is 0 Å². The first kappa shape index (κ1) is 10.2. The van der Waals surface area contributed by atoms with Gasteiger partial charge in [0.1, 0.15) is 0 Å². The van der Waals surface area contributed by atoms with Crippen LogP contribution in [0.25, 0.3) is 0 Å². The number of nitrogens with one attached hydrogen (secondary N) is 1. The summed E-state index contributed by atoms with van der Waals surface area (Å²) in [7, 11) is 0. The molecular formula is C12H14N2S. The molecule has 0 aliphatic rings. The number of aromatic amines is 1. The minimum absolute atomic E-state index is 0.282. The van der Waals surface area contributed by atoms with Gasteiger partial charge in [0, 0.05) is 12.4 Å². The van der Waals surface area contributed by atoms with E-state index in [9.17, 15) is 0 Å². The van der Waals surface area contributed by atoms with E-state index >= 15 is 0 Å². The van der Waals surface area contributed by atoms with E-state index in [0.29, 0.717) is 0 Å². The fraction of sp³-hybridized carbons (Fsp3) is 0.250. The number of imidazole rings is 1. The van der Waals surface area contributed by atoms with E-state index in [-0.39, 0.29) is 6.04 Å². The van der Waals surface area contributed by atoms with Gasteiger partial charge in [-0.2, -0.15) is 0 Å². The Morgan fingerprint density at radius 2 is 2.07 bits per heavy atom. The summed E-state index contributed by atoms with van der Waals surface area (Å²) in [4.78, 5) is 3.02. The largest absolute Gasteiger partial charge is 0.337 e. The predicted molar refractivity (Wildman–Crippen MR) is 64.6 cm³/mol. The highest BCUT2D eigenvalue weighted by atomic mass is 32.1. The molecule has 0 saturated heterocycles. The Morgan fingerprint density at radius 1 is 1.33 bits per heavy atom. The lowest BCUT2D eigenvalue weighted by atomic mass is 10.0. The fourth-order valence-corrected chi connectivity index (χ4v) is 2.13. The highest BCUT2D eigenvalue weighted by Gasteiger charge is 2.09. The zero-order valence-electron chi connectivity index (χ0n) is 8.90. The molecule has 0 saturated carbocycles. The SMILES string of the molecule is Cc1ccccc1C(C)n1cc[nH]c1=S. The van der Waals surface area contributed by atoms with Crippen molar-refractivity contribution < 1.29 is 0 Å². The average molecular weight is 218 g/mol. The van der Waals surface area contributed by atoms with Crippen LogP contribution in [0.3, 0.4) is 0 Å². The summed E-state index contributed by atoms with van der Waals surface area (Å²) in [6.45, 7) is 4.29. The summed E-state index contributed by atoms with van der Waals surface area (Å²) >= 11 is 5.21. The Bertz CT molecular complexity index is 510. The zero-order chi connectivity index (χ0) is 10.8. The number of aryl methyl sites for hydroxylation is 1. The molecular weight excluding hydrogens is 204 g/mol. The Morgan fingerprint density at radius 3 is 2.67 bits per heavy atom. The molecule has 1 N–H and O–H groups in total. The Labute approximate surface area is 94.6 Å². The van der Waals surface area contributed by atoms with Gasteiger partial charge < -0.3 is 9.55 Å². The van der Waals surface area contributed by atoms with Gasteiger partial charge >= 0.3 is 0 Å². The number of nitrogens with zero attached hydrogens (tertiary/aromatic N) is 1. The summed E-state index contributed by atoms with van der Waals surface area (Å²) in [6, 6.07) is 8.68. The molecule has 0 bridgehead atoms. The van der Waals surface area contributed by atoms with Crippen molar-refractivity contribution in [1.29, 1.82) is 0 Å². The van der Waals surface area contributed by atoms with Crippen LogP contribution < -0.4 is 0 Å². The normalized spacial score (nSPS) is 12.7. The molecule has 1 aromatic heterocycles. The van der Waals surface area contributed by atoms with Gasteiger partial charge in [0.2, 0.25) is 0 Å². The predicted octanol–water partition coefficient (Wildman–Crippen LogP) is 3.46. The van der Waals surface area contributed by atoms with Crippen LogP contribution in [-0.4, -0.2) is 9.55 Å². The minimum Gasteiger partial charge on any atom is -0.337 e. The molecule has 78 valence electrons. The van der Waals surface area contributed by atoms with Crippen LogP contribution in [0.5, 0.6) is 0 Å². The molecule has 1 aromatic carbocycles. The van der Waals surface area contributed by atoms with Gasteiger partial charge in [-0.05, 0) is 37.2 Å². The van der Waals surface area contributed by atoms with Gasteiger partial charge in [-0.1, -0.05) is 24.3 Å². The Hall–Kier alpha value is -1.35. The molecule has 3 heteroatoms. The maximum atomic E-state index is 5.21. The van der Waals surface area contributed by atoms with E-state index in [1.807, 2.05) is 12.4 Å². The van der Waals surface area contributed by atoms with E-state index < -0.39 is 0 Å². The summed E-state index contributed by atoms with van der Waals surface area (Å²) in [6.07, 6.45) is 3.86. The number of hydrogen-bond donors (Lipinski definition) is 1. The smallest absolute Gasteiger partial charge is 0.177 e. The van der Waals surface area contributed by atoms with Gasteiger partial charge in [0.15, 0.2) is 4.77 Å². The van der Waals surface area contributed by atoms with Crippen molar-refractivity contribution in [3.63, 3.8) is 0 Å². The number of rotatable bonds is 2. The molecule has 1 unspecified atom stereocenters. The van der Waals surface area contributed by atoms with Crippen molar-refractivity contribution in [3.05, 3.63) is 52.6 Å². The molecule has 1 atom stereocenters. The van der Waals surface area contributed by atoms with E-state index in [4.69, 9.17) is 12.2 Å². The van der Waals surface area contributed by atoms with Crippen LogP contribution in [-0.2, 0) is 0 Å². The molecule has 0 amide bonds. The second-order valence-corrected chi connectivity index (χ2v) is 4.09. The summed E-state index contributed by atoms with van der Waals surface area (Å²) in [5.74, 6) is 0. The lowest BCUT2D eigenvalue weighted by Gasteiger charge is -2.15. The number of hydrogen-bond acceptors (Lipinski definition) is 1. The molecule has 15 heavy (non-hydrogen) atoms. The number of aromatic nitrogens is 2. The maximum Gasteiger partial charge on any atom is 0.177 e. The van der Waals surface area contributed by atoms with E-state index in [1.165, 1.54) is 11.1 Å². The molecule has 0 spiro atoms. The van der Waals surface area contributed by atoms with Gasteiger partial charge in [-0.25, -0.2) is 0 Å².